The topological polar surface area (TPSA) is 107 Å². The molecule has 4 aromatic rings. The number of para-hydroxylation sites is 1. The molecule has 3 heterocycles. The van der Waals surface area contributed by atoms with Gasteiger partial charge in [-0.3, -0.25) is 4.90 Å². The molecule has 3 N–H and O–H groups in total. The van der Waals surface area contributed by atoms with Crippen molar-refractivity contribution in [1.82, 2.24) is 29.6 Å². The molecular formula is C23H23F3N8O. The quantitative estimate of drug-likeness (QED) is 0.405. The van der Waals surface area contributed by atoms with Gasteiger partial charge in [0.1, 0.15) is 12.4 Å². The number of halogens is 3. The SMILES string of the molecule is Nc1nc(Nc2ccc(OCCN3CCCC3)cc2)nn1-c1nc(C(F)(F)F)nc2ccccc12. The summed E-state index contributed by atoms with van der Waals surface area (Å²) < 4.78 is 47.0. The number of aromatic nitrogens is 5. The molecule has 0 atom stereocenters. The molecule has 35 heavy (non-hydrogen) atoms. The first-order chi connectivity index (χ1) is 16.9. The van der Waals surface area contributed by atoms with Gasteiger partial charge in [0.15, 0.2) is 5.82 Å². The van der Waals surface area contributed by atoms with E-state index in [9.17, 15) is 13.2 Å². The zero-order valence-electron chi connectivity index (χ0n) is 18.7. The third-order valence-electron chi connectivity index (χ3n) is 5.65. The number of nitrogens with one attached hydrogen (secondary N) is 1. The van der Waals surface area contributed by atoms with E-state index in [2.05, 4.69) is 30.3 Å². The molecule has 12 heteroatoms. The molecule has 0 bridgehead atoms. The van der Waals surface area contributed by atoms with Crippen LogP contribution in [0.3, 0.4) is 0 Å². The lowest BCUT2D eigenvalue weighted by molar-refractivity contribution is -0.144. The number of hydrogen-bond acceptors (Lipinski definition) is 8. The predicted molar refractivity (Wildman–Crippen MR) is 125 cm³/mol. The number of rotatable bonds is 7. The van der Waals surface area contributed by atoms with E-state index in [1.165, 1.54) is 18.9 Å². The average Bonchev–Trinajstić information content (AvgIpc) is 3.48. The summed E-state index contributed by atoms with van der Waals surface area (Å²) in [5, 5.41) is 7.60. The fourth-order valence-electron chi connectivity index (χ4n) is 3.94. The molecule has 0 amide bonds. The molecule has 1 fully saturated rings. The highest BCUT2D eigenvalue weighted by molar-refractivity contribution is 5.85. The molecule has 0 radical (unpaired) electrons. The second kappa shape index (κ2) is 9.37. The second-order valence-corrected chi connectivity index (χ2v) is 8.14. The van der Waals surface area contributed by atoms with Crippen molar-refractivity contribution in [3.8, 4) is 11.6 Å². The summed E-state index contributed by atoms with van der Waals surface area (Å²) in [5.41, 5.74) is 6.78. The zero-order chi connectivity index (χ0) is 24.4. The molecule has 1 aliphatic heterocycles. The molecule has 9 nitrogen and oxygen atoms in total. The summed E-state index contributed by atoms with van der Waals surface area (Å²) in [6, 6.07) is 13.6. The van der Waals surface area contributed by atoms with E-state index in [-0.39, 0.29) is 23.2 Å². The monoisotopic (exact) mass is 484 g/mol. The highest BCUT2D eigenvalue weighted by atomic mass is 19.4. The first-order valence-corrected chi connectivity index (χ1v) is 11.2. The number of likely N-dealkylation sites (tertiary alicyclic amines) is 1. The third-order valence-corrected chi connectivity index (χ3v) is 5.65. The number of benzene rings is 2. The first-order valence-electron chi connectivity index (χ1n) is 11.2. The first kappa shape index (κ1) is 22.8. The summed E-state index contributed by atoms with van der Waals surface area (Å²) in [6.07, 6.45) is -2.25. The Bertz CT molecular complexity index is 1320. The van der Waals surface area contributed by atoms with Gasteiger partial charge in [0.25, 0.3) is 0 Å². The molecule has 2 aromatic heterocycles. The molecule has 0 unspecified atom stereocenters. The Hall–Kier alpha value is -3.93. The minimum absolute atomic E-state index is 0.109. The van der Waals surface area contributed by atoms with E-state index >= 15 is 0 Å². The standard InChI is InChI=1S/C23H23F3N8O/c24-23(25,26)20-29-18-6-2-1-5-17(18)19(30-20)34-21(27)31-22(32-34)28-15-7-9-16(10-8-15)35-14-13-33-11-3-4-12-33/h1-2,5-10H,3-4,11-14H2,(H3,27,28,31,32). The van der Waals surface area contributed by atoms with E-state index in [1.807, 2.05) is 12.1 Å². The summed E-state index contributed by atoms with van der Waals surface area (Å²) in [4.78, 5) is 13.8. The molecule has 182 valence electrons. The Kier molecular flexibility index (Phi) is 6.12. The van der Waals surface area contributed by atoms with E-state index < -0.39 is 12.0 Å². The maximum atomic E-state index is 13.4. The van der Waals surface area contributed by atoms with Crippen molar-refractivity contribution >= 4 is 28.5 Å². The summed E-state index contributed by atoms with van der Waals surface area (Å²) in [6.45, 7) is 3.76. The maximum absolute atomic E-state index is 13.4. The van der Waals surface area contributed by atoms with Crippen molar-refractivity contribution in [3.63, 3.8) is 0 Å². The van der Waals surface area contributed by atoms with Crippen molar-refractivity contribution in [2.24, 2.45) is 0 Å². The molecule has 1 saturated heterocycles. The van der Waals surface area contributed by atoms with Gasteiger partial charge in [-0.15, -0.1) is 5.10 Å². The number of hydrogen-bond donors (Lipinski definition) is 2. The molecule has 5 rings (SSSR count). The molecule has 0 spiro atoms. The van der Waals surface area contributed by atoms with Gasteiger partial charge in [0, 0.05) is 17.6 Å². The van der Waals surface area contributed by atoms with Crippen LogP contribution in [0, 0.1) is 0 Å². The summed E-state index contributed by atoms with van der Waals surface area (Å²) in [7, 11) is 0. The van der Waals surface area contributed by atoms with E-state index in [4.69, 9.17) is 10.5 Å². The van der Waals surface area contributed by atoms with Crippen LogP contribution in [0.15, 0.2) is 48.5 Å². The third kappa shape index (κ3) is 5.11. The van der Waals surface area contributed by atoms with Gasteiger partial charge in [0.2, 0.25) is 17.7 Å². The largest absolute Gasteiger partial charge is 0.492 e. The van der Waals surface area contributed by atoms with Crippen molar-refractivity contribution in [2.75, 3.05) is 37.3 Å². The Morgan fingerprint density at radius 3 is 2.46 bits per heavy atom. The molecule has 0 aliphatic carbocycles. The summed E-state index contributed by atoms with van der Waals surface area (Å²) in [5.74, 6) is -0.661. The normalized spacial score (nSPS) is 14.5. The van der Waals surface area contributed by atoms with Gasteiger partial charge >= 0.3 is 6.18 Å². The lowest BCUT2D eigenvalue weighted by Gasteiger charge is -2.15. The lowest BCUT2D eigenvalue weighted by atomic mass is 10.2. The number of fused-ring (bicyclic) bond motifs is 1. The van der Waals surface area contributed by atoms with Gasteiger partial charge < -0.3 is 15.8 Å². The minimum Gasteiger partial charge on any atom is -0.492 e. The smallest absolute Gasteiger partial charge is 0.451 e. The van der Waals surface area contributed by atoms with E-state index in [0.29, 0.717) is 17.7 Å². The van der Waals surface area contributed by atoms with Crippen LogP contribution in [0.2, 0.25) is 0 Å². The van der Waals surface area contributed by atoms with Crippen LogP contribution < -0.4 is 15.8 Å². The Labute approximate surface area is 198 Å². The van der Waals surface area contributed by atoms with Crippen molar-refractivity contribution in [2.45, 2.75) is 19.0 Å². The second-order valence-electron chi connectivity index (χ2n) is 8.14. The predicted octanol–water partition coefficient (Wildman–Crippen LogP) is 4.03. The minimum atomic E-state index is -4.73. The highest BCUT2D eigenvalue weighted by Crippen LogP contribution is 2.30. The number of alkyl halides is 3. The van der Waals surface area contributed by atoms with Crippen LogP contribution in [0.4, 0.5) is 30.8 Å². The van der Waals surface area contributed by atoms with Crippen molar-refractivity contribution in [3.05, 3.63) is 54.4 Å². The maximum Gasteiger partial charge on any atom is 0.451 e. The van der Waals surface area contributed by atoms with Gasteiger partial charge in [-0.25, -0.2) is 9.97 Å². The number of ether oxygens (including phenoxy) is 1. The van der Waals surface area contributed by atoms with Gasteiger partial charge in [0.05, 0.1) is 5.52 Å². The van der Waals surface area contributed by atoms with Crippen LogP contribution in [0.5, 0.6) is 5.75 Å². The van der Waals surface area contributed by atoms with Crippen LogP contribution in [0.25, 0.3) is 16.7 Å². The Morgan fingerprint density at radius 2 is 1.71 bits per heavy atom. The van der Waals surface area contributed by atoms with Crippen molar-refractivity contribution in [1.29, 1.82) is 0 Å². The average molecular weight is 484 g/mol. The van der Waals surface area contributed by atoms with Crippen LogP contribution >= 0.6 is 0 Å². The van der Waals surface area contributed by atoms with E-state index in [1.54, 1.807) is 30.3 Å². The van der Waals surface area contributed by atoms with Gasteiger partial charge in [-0.2, -0.15) is 22.8 Å². The van der Waals surface area contributed by atoms with Crippen LogP contribution in [-0.2, 0) is 6.18 Å². The fourth-order valence-corrected chi connectivity index (χ4v) is 3.94. The molecule has 2 aromatic carbocycles. The number of nitrogen functional groups attached to an aromatic ring is 1. The Morgan fingerprint density at radius 1 is 0.971 bits per heavy atom. The van der Waals surface area contributed by atoms with Crippen LogP contribution in [-0.4, -0.2) is 55.9 Å². The summed E-state index contributed by atoms with van der Waals surface area (Å²) >= 11 is 0. The molecule has 0 saturated carbocycles. The number of nitrogens with two attached hydrogens (primary N) is 1. The zero-order valence-corrected chi connectivity index (χ0v) is 18.7. The lowest BCUT2D eigenvalue weighted by Crippen LogP contribution is -2.25. The van der Waals surface area contributed by atoms with Gasteiger partial charge in [-0.05, 0) is 62.3 Å². The van der Waals surface area contributed by atoms with Crippen LogP contribution in [0.1, 0.15) is 18.7 Å². The van der Waals surface area contributed by atoms with Crippen molar-refractivity contribution < 1.29 is 17.9 Å². The van der Waals surface area contributed by atoms with Gasteiger partial charge in [-0.1, -0.05) is 12.1 Å². The number of anilines is 3. The number of nitrogens with zero attached hydrogens (tertiary/aromatic N) is 6. The van der Waals surface area contributed by atoms with E-state index in [0.717, 1.165) is 30.1 Å². The molecule has 1 aliphatic rings. The molecular weight excluding hydrogens is 461 g/mol. The Balaban J connectivity index is 1.33. The fraction of sp³-hybridized carbons (Fsp3) is 0.304. The highest BCUT2D eigenvalue weighted by Gasteiger charge is 2.36.